The van der Waals surface area contributed by atoms with Crippen LogP contribution in [0.3, 0.4) is 0 Å². The van der Waals surface area contributed by atoms with E-state index in [1.165, 1.54) is 12.1 Å². The van der Waals surface area contributed by atoms with Crippen LogP contribution in [0.1, 0.15) is 16.1 Å². The highest BCUT2D eigenvalue weighted by Crippen LogP contribution is 2.17. The molecular weight excluding hydrogens is 271 g/mol. The third-order valence-electron chi connectivity index (χ3n) is 2.42. The fourth-order valence-electron chi connectivity index (χ4n) is 1.52. The van der Waals surface area contributed by atoms with Crippen molar-refractivity contribution < 1.29 is 9.18 Å². The van der Waals surface area contributed by atoms with E-state index in [1.807, 2.05) is 0 Å². The topological polar surface area (TPSA) is 80.9 Å². The maximum Gasteiger partial charge on any atom is 0.271 e. The summed E-state index contributed by atoms with van der Waals surface area (Å²) in [5.74, 6) is -1.08. The van der Waals surface area contributed by atoms with Crippen LogP contribution < -0.4 is 11.1 Å². The smallest absolute Gasteiger partial charge is 0.271 e. The van der Waals surface area contributed by atoms with Crippen molar-refractivity contribution in [3.63, 3.8) is 0 Å². The first-order chi connectivity index (χ1) is 9.08. The Hall–Kier alpha value is -2.21. The molecule has 0 aliphatic carbocycles. The molecule has 0 bridgehead atoms. The predicted molar refractivity (Wildman–Crippen MR) is 69.3 cm³/mol. The van der Waals surface area contributed by atoms with Gasteiger partial charge in [-0.1, -0.05) is 29.8 Å². The number of halogens is 2. The van der Waals surface area contributed by atoms with Crippen molar-refractivity contribution in [2.75, 3.05) is 5.32 Å². The summed E-state index contributed by atoms with van der Waals surface area (Å²) in [6.07, 6.45) is 0. The molecule has 0 spiro atoms. The molecule has 5 nitrogen and oxygen atoms in total. The van der Waals surface area contributed by atoms with Gasteiger partial charge in [0.2, 0.25) is 0 Å². The number of nitrogens with two attached hydrogens (primary N) is 1. The molecule has 0 aliphatic heterocycles. The van der Waals surface area contributed by atoms with Gasteiger partial charge in [0.15, 0.2) is 10.8 Å². The zero-order chi connectivity index (χ0) is 13.8. The lowest BCUT2D eigenvalue weighted by atomic mass is 10.2. The third-order valence-corrected chi connectivity index (χ3v) is 2.61. The van der Waals surface area contributed by atoms with Crippen LogP contribution in [0, 0.1) is 5.82 Å². The van der Waals surface area contributed by atoms with Crippen molar-refractivity contribution in [3.8, 4) is 0 Å². The van der Waals surface area contributed by atoms with E-state index in [1.54, 1.807) is 18.2 Å². The average molecular weight is 281 g/mol. The van der Waals surface area contributed by atoms with E-state index in [-0.39, 0.29) is 23.2 Å². The summed E-state index contributed by atoms with van der Waals surface area (Å²) < 4.78 is 13.4. The minimum Gasteiger partial charge on any atom is -0.379 e. The summed E-state index contributed by atoms with van der Waals surface area (Å²) in [7, 11) is 0. The van der Waals surface area contributed by atoms with Gasteiger partial charge in [0.1, 0.15) is 5.82 Å². The number of primary amides is 1. The molecule has 0 atom stereocenters. The molecule has 0 saturated carbocycles. The fraction of sp³-hybridized carbons (Fsp3) is 0.0833. The molecule has 19 heavy (non-hydrogen) atoms. The van der Waals surface area contributed by atoms with Gasteiger partial charge in [-0.3, -0.25) is 4.79 Å². The molecule has 0 saturated heterocycles. The zero-order valence-electron chi connectivity index (χ0n) is 9.73. The van der Waals surface area contributed by atoms with Gasteiger partial charge in [-0.2, -0.15) is 0 Å². The van der Waals surface area contributed by atoms with Crippen LogP contribution in [0.15, 0.2) is 30.3 Å². The number of hydrogen-bond donors (Lipinski definition) is 2. The molecule has 1 heterocycles. The number of aromatic nitrogens is 2. The first-order valence-electron chi connectivity index (χ1n) is 5.38. The first-order valence-corrected chi connectivity index (χ1v) is 5.76. The Morgan fingerprint density at radius 3 is 2.79 bits per heavy atom. The Labute approximate surface area is 113 Å². The molecule has 2 rings (SSSR count). The van der Waals surface area contributed by atoms with E-state index in [9.17, 15) is 9.18 Å². The van der Waals surface area contributed by atoms with Crippen molar-refractivity contribution in [1.29, 1.82) is 0 Å². The summed E-state index contributed by atoms with van der Waals surface area (Å²) in [4.78, 5) is 11.2. The lowest BCUT2D eigenvalue weighted by Crippen LogP contribution is -2.17. The van der Waals surface area contributed by atoms with E-state index < -0.39 is 5.91 Å². The highest BCUT2D eigenvalue weighted by Gasteiger charge is 2.12. The van der Waals surface area contributed by atoms with Gasteiger partial charge in [-0.05, 0) is 6.07 Å². The third kappa shape index (κ3) is 3.17. The van der Waals surface area contributed by atoms with Crippen LogP contribution >= 0.6 is 11.6 Å². The zero-order valence-corrected chi connectivity index (χ0v) is 10.5. The summed E-state index contributed by atoms with van der Waals surface area (Å²) >= 11 is 5.69. The summed E-state index contributed by atoms with van der Waals surface area (Å²) in [5.41, 5.74) is 5.89. The highest BCUT2D eigenvalue weighted by atomic mass is 35.5. The van der Waals surface area contributed by atoms with Crippen LogP contribution in [0.25, 0.3) is 0 Å². The van der Waals surface area contributed by atoms with Crippen LogP contribution in [-0.4, -0.2) is 16.1 Å². The second-order valence-corrected chi connectivity index (χ2v) is 4.13. The number of rotatable bonds is 4. The molecule has 2 aromatic rings. The number of carbonyl (C=O) groups is 1. The van der Waals surface area contributed by atoms with Gasteiger partial charge in [0.05, 0.1) is 5.69 Å². The molecule has 1 aromatic heterocycles. The number of anilines is 1. The van der Waals surface area contributed by atoms with Gasteiger partial charge >= 0.3 is 0 Å². The van der Waals surface area contributed by atoms with Gasteiger partial charge in [-0.25, -0.2) is 4.39 Å². The molecule has 0 fully saturated rings. The second kappa shape index (κ2) is 5.62. The number of amides is 1. The Kier molecular flexibility index (Phi) is 3.91. The minimum atomic E-state index is -0.736. The lowest BCUT2D eigenvalue weighted by Gasteiger charge is -2.09. The largest absolute Gasteiger partial charge is 0.379 e. The monoisotopic (exact) mass is 280 g/mol. The maximum absolute atomic E-state index is 13.4. The molecule has 0 aliphatic rings. The number of nitrogens with one attached hydrogen (secondary N) is 1. The van der Waals surface area contributed by atoms with Gasteiger partial charge in [0.25, 0.3) is 5.91 Å². The van der Waals surface area contributed by atoms with Crippen LogP contribution in [0.5, 0.6) is 0 Å². The van der Waals surface area contributed by atoms with Crippen LogP contribution in [-0.2, 0) is 6.54 Å². The Morgan fingerprint density at radius 2 is 2.11 bits per heavy atom. The van der Waals surface area contributed by atoms with E-state index in [0.717, 1.165) is 0 Å². The Morgan fingerprint density at radius 1 is 1.37 bits per heavy atom. The van der Waals surface area contributed by atoms with Crippen molar-refractivity contribution in [3.05, 3.63) is 52.6 Å². The molecule has 98 valence electrons. The van der Waals surface area contributed by atoms with Gasteiger partial charge in [0, 0.05) is 18.2 Å². The van der Waals surface area contributed by atoms with Crippen molar-refractivity contribution in [1.82, 2.24) is 10.2 Å². The Bertz CT molecular complexity index is 620. The van der Waals surface area contributed by atoms with Crippen LogP contribution in [0.4, 0.5) is 10.1 Å². The van der Waals surface area contributed by atoms with Crippen molar-refractivity contribution in [2.24, 2.45) is 5.73 Å². The molecule has 1 amide bonds. The van der Waals surface area contributed by atoms with E-state index >= 15 is 0 Å². The van der Waals surface area contributed by atoms with Crippen molar-refractivity contribution >= 4 is 23.2 Å². The van der Waals surface area contributed by atoms with Gasteiger partial charge in [-0.15, -0.1) is 10.2 Å². The summed E-state index contributed by atoms with van der Waals surface area (Å²) in [6, 6.07) is 7.70. The summed E-state index contributed by atoms with van der Waals surface area (Å²) in [6.45, 7) is 0.176. The fourth-order valence-corrected chi connectivity index (χ4v) is 1.66. The lowest BCUT2D eigenvalue weighted by molar-refractivity contribution is 0.0995. The number of benzene rings is 1. The number of nitrogens with zero attached hydrogens (tertiary/aromatic N) is 2. The normalized spacial score (nSPS) is 10.2. The van der Waals surface area contributed by atoms with Crippen molar-refractivity contribution in [2.45, 2.75) is 6.54 Å². The summed E-state index contributed by atoms with van der Waals surface area (Å²) in [5, 5.41) is 10.1. The maximum atomic E-state index is 13.4. The molecule has 1 aromatic carbocycles. The Balaban J connectivity index is 2.22. The minimum absolute atomic E-state index is 0.0410. The molecule has 0 unspecified atom stereocenters. The van der Waals surface area contributed by atoms with Crippen LogP contribution in [0.2, 0.25) is 5.15 Å². The van der Waals surface area contributed by atoms with E-state index in [0.29, 0.717) is 11.3 Å². The average Bonchev–Trinajstić information content (AvgIpc) is 2.37. The van der Waals surface area contributed by atoms with Gasteiger partial charge < -0.3 is 11.1 Å². The molecule has 3 N–H and O–H groups in total. The molecule has 0 radical (unpaired) electrons. The highest BCUT2D eigenvalue weighted by molar-refractivity contribution is 6.29. The second-order valence-electron chi connectivity index (χ2n) is 3.74. The quantitative estimate of drug-likeness (QED) is 0.897. The first kappa shape index (κ1) is 13.2. The SMILES string of the molecule is NC(=O)c1nnc(Cl)cc1NCc1ccccc1F. The van der Waals surface area contributed by atoms with E-state index in [4.69, 9.17) is 17.3 Å². The standard InChI is InChI=1S/C12H10ClFN4O/c13-10-5-9(11(12(15)19)18-17-10)16-6-7-3-1-2-4-8(7)14/h1-5H,6H2,(H2,15,19)(H,16,17). The number of hydrogen-bond acceptors (Lipinski definition) is 4. The molecule has 7 heteroatoms. The van der Waals surface area contributed by atoms with E-state index in [2.05, 4.69) is 15.5 Å². The molecular formula is C12H10ClFN4O. The predicted octanol–water partition coefficient (Wildman–Crippen LogP) is 1.98. The number of carbonyl (C=O) groups excluding carboxylic acids is 1.